The summed E-state index contributed by atoms with van der Waals surface area (Å²) in [6.45, 7) is 5.12. The molecule has 0 aliphatic carbocycles. The first-order valence-corrected chi connectivity index (χ1v) is 14.3. The fourth-order valence-electron chi connectivity index (χ4n) is 4.05. The number of benzene rings is 3. The molecule has 0 radical (unpaired) electrons. The second kappa shape index (κ2) is 12.7. The summed E-state index contributed by atoms with van der Waals surface area (Å²) in [5, 5.41) is 3.28. The average Bonchev–Trinajstić information content (AvgIpc) is 2.90. The summed E-state index contributed by atoms with van der Waals surface area (Å²) in [6, 6.07) is 17.3. The standard InChI is InChI=1S/C28H31Cl2N3O4S/c1-5-26(28(35)31-4)32(17-21-12-14-24(29)25(30)16-21)27(34)18-33(22-13-11-19(2)20(3)15-22)38(36,37)23-9-7-6-8-10-23/h6-16,26H,5,17-18H2,1-4H3,(H,31,35)/t26-/m1/s1. The third-order valence-electron chi connectivity index (χ3n) is 6.36. The van der Waals surface area contributed by atoms with E-state index in [4.69, 9.17) is 23.2 Å². The van der Waals surface area contributed by atoms with E-state index in [-0.39, 0.29) is 17.3 Å². The molecule has 1 N–H and O–H groups in total. The van der Waals surface area contributed by atoms with Crippen molar-refractivity contribution < 1.29 is 18.0 Å². The Hall–Kier alpha value is -3.07. The second-order valence-corrected chi connectivity index (χ2v) is 11.6. The Morgan fingerprint density at radius 1 is 0.921 bits per heavy atom. The molecule has 38 heavy (non-hydrogen) atoms. The number of aryl methyl sites for hydroxylation is 2. The summed E-state index contributed by atoms with van der Waals surface area (Å²) >= 11 is 12.3. The predicted molar refractivity (Wildman–Crippen MR) is 152 cm³/mol. The van der Waals surface area contributed by atoms with Crippen LogP contribution in [0.3, 0.4) is 0 Å². The molecule has 2 amide bonds. The quantitative estimate of drug-likeness (QED) is 0.352. The van der Waals surface area contributed by atoms with Crippen LogP contribution in [0.15, 0.2) is 71.6 Å². The van der Waals surface area contributed by atoms with Gasteiger partial charge < -0.3 is 10.2 Å². The predicted octanol–water partition coefficient (Wildman–Crippen LogP) is 5.36. The highest BCUT2D eigenvalue weighted by Gasteiger charge is 2.33. The fraction of sp³-hybridized carbons (Fsp3) is 0.286. The van der Waals surface area contributed by atoms with Crippen molar-refractivity contribution in [1.29, 1.82) is 0 Å². The highest BCUT2D eigenvalue weighted by molar-refractivity contribution is 7.92. The van der Waals surface area contributed by atoms with Crippen molar-refractivity contribution in [2.24, 2.45) is 0 Å². The van der Waals surface area contributed by atoms with Crippen LogP contribution >= 0.6 is 23.2 Å². The molecule has 0 aliphatic heterocycles. The Balaban J connectivity index is 2.08. The van der Waals surface area contributed by atoms with Crippen LogP contribution in [-0.4, -0.2) is 44.8 Å². The second-order valence-electron chi connectivity index (χ2n) is 8.90. The first kappa shape index (κ1) is 29.5. The van der Waals surface area contributed by atoms with Gasteiger partial charge in [-0.3, -0.25) is 13.9 Å². The number of hydrogen-bond acceptors (Lipinski definition) is 4. The van der Waals surface area contributed by atoms with Crippen molar-refractivity contribution in [1.82, 2.24) is 10.2 Å². The molecule has 202 valence electrons. The SMILES string of the molecule is CC[C@H](C(=O)NC)N(Cc1ccc(Cl)c(Cl)c1)C(=O)CN(c1ccc(C)c(C)c1)S(=O)(=O)c1ccccc1. The molecule has 0 aromatic heterocycles. The van der Waals surface area contributed by atoms with Gasteiger partial charge in [-0.2, -0.15) is 0 Å². The minimum atomic E-state index is -4.11. The van der Waals surface area contributed by atoms with Crippen LogP contribution < -0.4 is 9.62 Å². The van der Waals surface area contributed by atoms with Gasteiger partial charge >= 0.3 is 0 Å². The number of carbonyl (C=O) groups is 2. The number of amides is 2. The number of hydrogen-bond donors (Lipinski definition) is 1. The van der Waals surface area contributed by atoms with E-state index in [0.717, 1.165) is 15.4 Å². The molecular weight excluding hydrogens is 545 g/mol. The van der Waals surface area contributed by atoms with E-state index < -0.39 is 28.5 Å². The summed E-state index contributed by atoms with van der Waals surface area (Å²) < 4.78 is 28.7. The normalized spacial score (nSPS) is 12.1. The molecule has 3 aromatic rings. The molecular formula is C28H31Cl2N3O4S. The maximum absolute atomic E-state index is 13.9. The van der Waals surface area contributed by atoms with Gasteiger partial charge in [0, 0.05) is 13.6 Å². The molecule has 3 aromatic carbocycles. The zero-order valence-electron chi connectivity index (χ0n) is 21.7. The largest absolute Gasteiger partial charge is 0.357 e. The lowest BCUT2D eigenvalue weighted by Gasteiger charge is -2.33. The number of carbonyl (C=O) groups excluding carboxylic acids is 2. The van der Waals surface area contributed by atoms with E-state index in [1.807, 2.05) is 19.9 Å². The topological polar surface area (TPSA) is 86.8 Å². The summed E-state index contributed by atoms with van der Waals surface area (Å²) in [6.07, 6.45) is 0.321. The van der Waals surface area contributed by atoms with Crippen molar-refractivity contribution in [2.45, 2.75) is 44.7 Å². The molecule has 1 atom stereocenters. The summed E-state index contributed by atoms with van der Waals surface area (Å²) in [4.78, 5) is 28.1. The van der Waals surface area contributed by atoms with Crippen molar-refractivity contribution in [2.75, 3.05) is 17.9 Å². The Kier molecular flexibility index (Phi) is 9.82. The molecule has 7 nitrogen and oxygen atoms in total. The van der Waals surface area contributed by atoms with Crippen LogP contribution in [0.4, 0.5) is 5.69 Å². The summed E-state index contributed by atoms with van der Waals surface area (Å²) in [7, 11) is -2.61. The number of nitrogens with one attached hydrogen (secondary N) is 1. The number of sulfonamides is 1. The third kappa shape index (κ3) is 6.67. The van der Waals surface area contributed by atoms with Crippen molar-refractivity contribution >= 4 is 50.7 Å². The molecule has 10 heteroatoms. The van der Waals surface area contributed by atoms with Crippen molar-refractivity contribution in [3.05, 3.63) is 93.5 Å². The highest BCUT2D eigenvalue weighted by Crippen LogP contribution is 2.28. The Bertz CT molecular complexity index is 1410. The van der Waals surface area contributed by atoms with Gasteiger partial charge in [0.2, 0.25) is 11.8 Å². The van der Waals surface area contributed by atoms with E-state index in [1.54, 1.807) is 55.5 Å². The van der Waals surface area contributed by atoms with Crippen molar-refractivity contribution in [3.63, 3.8) is 0 Å². The Labute approximate surface area is 234 Å². The monoisotopic (exact) mass is 575 g/mol. The lowest BCUT2D eigenvalue weighted by atomic mass is 10.1. The molecule has 0 saturated heterocycles. The van der Waals surface area contributed by atoms with E-state index in [9.17, 15) is 18.0 Å². The summed E-state index contributed by atoms with van der Waals surface area (Å²) in [5.41, 5.74) is 2.88. The minimum absolute atomic E-state index is 0.0355. The lowest BCUT2D eigenvalue weighted by molar-refractivity contribution is -0.140. The first-order chi connectivity index (χ1) is 18.0. The van der Waals surface area contributed by atoms with Gasteiger partial charge in [-0.1, -0.05) is 60.5 Å². The number of nitrogens with zero attached hydrogens (tertiary/aromatic N) is 2. The fourth-order valence-corrected chi connectivity index (χ4v) is 5.80. The molecule has 0 unspecified atom stereocenters. The van der Waals surface area contributed by atoms with Gasteiger partial charge in [0.25, 0.3) is 10.0 Å². The zero-order valence-corrected chi connectivity index (χ0v) is 24.1. The van der Waals surface area contributed by atoms with Crippen LogP contribution in [0.5, 0.6) is 0 Å². The maximum Gasteiger partial charge on any atom is 0.264 e. The van der Waals surface area contributed by atoms with Gasteiger partial charge in [-0.25, -0.2) is 8.42 Å². The molecule has 0 heterocycles. The van der Waals surface area contributed by atoms with Gasteiger partial charge in [0.1, 0.15) is 12.6 Å². The van der Waals surface area contributed by atoms with E-state index in [0.29, 0.717) is 27.7 Å². The van der Waals surface area contributed by atoms with Crippen LogP contribution in [-0.2, 0) is 26.2 Å². The maximum atomic E-state index is 13.9. The zero-order chi connectivity index (χ0) is 28.0. The third-order valence-corrected chi connectivity index (χ3v) is 8.88. The summed E-state index contributed by atoms with van der Waals surface area (Å²) in [5.74, 6) is -0.895. The van der Waals surface area contributed by atoms with E-state index in [1.165, 1.54) is 24.1 Å². The minimum Gasteiger partial charge on any atom is -0.357 e. The first-order valence-electron chi connectivity index (χ1n) is 12.1. The van der Waals surface area contributed by atoms with Crippen molar-refractivity contribution in [3.8, 4) is 0 Å². The lowest BCUT2D eigenvalue weighted by Crippen LogP contribution is -2.51. The highest BCUT2D eigenvalue weighted by atomic mass is 35.5. The van der Waals surface area contributed by atoms with E-state index >= 15 is 0 Å². The van der Waals surface area contributed by atoms with Gasteiger partial charge in [0.05, 0.1) is 20.6 Å². The molecule has 3 rings (SSSR count). The molecule has 0 fully saturated rings. The Morgan fingerprint density at radius 3 is 2.18 bits per heavy atom. The smallest absolute Gasteiger partial charge is 0.264 e. The molecule has 0 spiro atoms. The number of halogens is 2. The molecule has 0 aliphatic rings. The van der Waals surface area contributed by atoms with Gasteiger partial charge in [-0.05, 0) is 73.4 Å². The van der Waals surface area contributed by atoms with Gasteiger partial charge in [-0.15, -0.1) is 0 Å². The molecule has 0 saturated carbocycles. The number of rotatable bonds is 10. The van der Waals surface area contributed by atoms with Crippen LogP contribution in [0.2, 0.25) is 10.0 Å². The van der Waals surface area contributed by atoms with Crippen LogP contribution in [0.25, 0.3) is 0 Å². The van der Waals surface area contributed by atoms with Gasteiger partial charge in [0.15, 0.2) is 0 Å². The number of anilines is 1. The van der Waals surface area contributed by atoms with E-state index in [2.05, 4.69) is 5.32 Å². The molecule has 0 bridgehead atoms. The number of likely N-dealkylation sites (N-methyl/N-ethyl adjacent to an activating group) is 1. The van der Waals surface area contributed by atoms with Crippen LogP contribution in [0.1, 0.15) is 30.0 Å². The Morgan fingerprint density at radius 2 is 1.61 bits per heavy atom. The van der Waals surface area contributed by atoms with Crippen LogP contribution in [0, 0.1) is 13.8 Å². The average molecular weight is 577 g/mol.